The van der Waals surface area contributed by atoms with E-state index in [1.807, 2.05) is 26.0 Å². The van der Waals surface area contributed by atoms with Crippen LogP contribution < -0.4 is 9.64 Å². The number of ether oxygens (including phenoxy) is 2. The molecule has 47 heavy (non-hydrogen) atoms. The van der Waals surface area contributed by atoms with Crippen LogP contribution in [-0.2, 0) is 11.2 Å². The number of aliphatic hydroxyl groups excluding tert-OH is 1. The summed E-state index contributed by atoms with van der Waals surface area (Å²) in [6.45, 7) is 8.63. The van der Waals surface area contributed by atoms with Gasteiger partial charge in [-0.3, -0.25) is 4.90 Å². The van der Waals surface area contributed by atoms with Crippen LogP contribution in [0.4, 0.5) is 14.6 Å². The van der Waals surface area contributed by atoms with Crippen molar-refractivity contribution in [1.82, 2.24) is 19.9 Å². The highest BCUT2D eigenvalue weighted by molar-refractivity contribution is 6.02. The van der Waals surface area contributed by atoms with Gasteiger partial charge in [-0.2, -0.15) is 9.97 Å². The first-order valence-electron chi connectivity index (χ1n) is 16.8. The first kappa shape index (κ1) is 33.0. The van der Waals surface area contributed by atoms with E-state index in [4.69, 9.17) is 36.0 Å². The van der Waals surface area contributed by atoms with E-state index in [2.05, 4.69) is 15.7 Å². The van der Waals surface area contributed by atoms with Gasteiger partial charge in [-0.25, -0.2) is 13.8 Å². The zero-order valence-corrected chi connectivity index (χ0v) is 27.5. The fourth-order valence-electron chi connectivity index (χ4n) is 7.84. The van der Waals surface area contributed by atoms with Gasteiger partial charge in [-0.15, -0.1) is 6.42 Å². The molecule has 2 aromatic heterocycles. The van der Waals surface area contributed by atoms with Crippen LogP contribution in [0.5, 0.6) is 6.01 Å². The molecule has 248 valence electrons. The minimum Gasteiger partial charge on any atom is -0.461 e. The fraction of sp³-hybridized carbons (Fsp3) is 0.486. The number of aliphatic hydroxyl groups is 1. The summed E-state index contributed by atoms with van der Waals surface area (Å²) in [5, 5.41) is 8.79. The van der Waals surface area contributed by atoms with Crippen LogP contribution in [0.1, 0.15) is 63.6 Å². The van der Waals surface area contributed by atoms with Crippen LogP contribution >= 0.6 is 0 Å². The van der Waals surface area contributed by atoms with Crippen molar-refractivity contribution in [3.8, 4) is 29.6 Å². The van der Waals surface area contributed by atoms with E-state index in [9.17, 15) is 4.39 Å². The Morgan fingerprint density at radius 3 is 2.57 bits per heavy atom. The Morgan fingerprint density at radius 1 is 1.02 bits per heavy atom. The number of aryl methyl sites for hydroxylation is 1. The molecule has 6 heterocycles. The number of fused-ring (bicyclic) bond motifs is 4. The van der Waals surface area contributed by atoms with Gasteiger partial charge in [0.05, 0.1) is 34.8 Å². The third kappa shape index (κ3) is 5.79. The molecule has 0 bridgehead atoms. The van der Waals surface area contributed by atoms with E-state index in [-0.39, 0.29) is 34.4 Å². The van der Waals surface area contributed by atoms with Crippen LogP contribution in [0.2, 0.25) is 0 Å². The number of hydrogen-bond acceptors (Lipinski definition) is 8. The van der Waals surface area contributed by atoms with Gasteiger partial charge in [0.25, 0.3) is 0 Å². The second-order valence-electron chi connectivity index (χ2n) is 12.3. The van der Waals surface area contributed by atoms with Crippen LogP contribution in [0, 0.1) is 24.0 Å². The van der Waals surface area contributed by atoms with Crippen molar-refractivity contribution in [1.29, 1.82) is 0 Å². The zero-order valence-electron chi connectivity index (χ0n) is 27.5. The third-order valence-corrected chi connectivity index (χ3v) is 9.92. The fourth-order valence-corrected chi connectivity index (χ4v) is 7.84. The summed E-state index contributed by atoms with van der Waals surface area (Å²) in [4.78, 5) is 19.4. The summed E-state index contributed by atoms with van der Waals surface area (Å²) >= 11 is 0. The quantitative estimate of drug-likeness (QED) is 0.260. The molecular weight excluding hydrogens is 600 g/mol. The molecule has 1 atom stereocenters. The molecule has 1 unspecified atom stereocenters. The Kier molecular flexibility index (Phi) is 9.88. The molecule has 3 fully saturated rings. The predicted molar refractivity (Wildman–Crippen MR) is 181 cm³/mol. The summed E-state index contributed by atoms with van der Waals surface area (Å²) in [5.74, 6) is 2.02. The maximum absolute atomic E-state index is 16.9. The average Bonchev–Trinajstić information content (AvgIpc) is 3.56. The van der Waals surface area contributed by atoms with Gasteiger partial charge >= 0.3 is 6.01 Å². The minimum absolute atomic E-state index is 0.00280. The summed E-state index contributed by atoms with van der Waals surface area (Å²) in [7, 11) is 1.00. The lowest BCUT2D eigenvalue weighted by atomic mass is 9.95. The van der Waals surface area contributed by atoms with Crippen LogP contribution in [0.3, 0.4) is 0 Å². The van der Waals surface area contributed by atoms with E-state index in [0.717, 1.165) is 65.3 Å². The van der Waals surface area contributed by atoms with Gasteiger partial charge in [0.15, 0.2) is 5.82 Å². The van der Waals surface area contributed by atoms with Gasteiger partial charge in [-0.05, 0) is 69.5 Å². The molecule has 8 rings (SSSR count). The normalized spacial score (nSPS) is 19.8. The zero-order chi connectivity index (χ0) is 33.1. The lowest BCUT2D eigenvalue weighted by Gasteiger charge is -2.32. The highest BCUT2D eigenvalue weighted by Crippen LogP contribution is 2.42. The first-order chi connectivity index (χ1) is 23.1. The predicted octanol–water partition coefficient (Wildman–Crippen LogP) is 6.29. The molecule has 0 amide bonds. The summed E-state index contributed by atoms with van der Waals surface area (Å²) in [6.07, 6.45) is 12.5. The summed E-state index contributed by atoms with van der Waals surface area (Å²) < 4.78 is 44.1. The molecule has 4 aliphatic heterocycles. The monoisotopic (exact) mass is 643 g/mol. The number of hydrogen-bond donors (Lipinski definition) is 1. The second-order valence-corrected chi connectivity index (χ2v) is 12.3. The lowest BCUT2D eigenvalue weighted by molar-refractivity contribution is 0.108. The maximum atomic E-state index is 16.9. The highest BCUT2D eigenvalue weighted by Gasteiger charge is 2.45. The Hall–Kier alpha value is -3.91. The van der Waals surface area contributed by atoms with Crippen molar-refractivity contribution >= 4 is 27.5 Å². The Bertz CT molecular complexity index is 1800. The Morgan fingerprint density at radius 2 is 1.81 bits per heavy atom. The molecule has 0 spiro atoms. The average molecular weight is 644 g/mol. The molecule has 4 aliphatic rings. The summed E-state index contributed by atoms with van der Waals surface area (Å²) in [6, 6.07) is 8.66. The van der Waals surface area contributed by atoms with Crippen molar-refractivity contribution in [2.24, 2.45) is 0 Å². The van der Waals surface area contributed by atoms with Crippen LogP contribution in [0.15, 0.2) is 30.3 Å². The largest absolute Gasteiger partial charge is 0.461 e. The topological polar surface area (TPSA) is 83.8 Å². The number of pyridine rings is 1. The molecule has 8 nitrogen and oxygen atoms in total. The van der Waals surface area contributed by atoms with Crippen LogP contribution in [0.25, 0.3) is 32.9 Å². The number of anilines is 1. The number of benzene rings is 2. The van der Waals surface area contributed by atoms with Gasteiger partial charge in [0.2, 0.25) is 0 Å². The van der Waals surface area contributed by atoms with E-state index < -0.39 is 11.6 Å². The standard InChI is InChI=1S/C34H33F2N5O2.C2H6.CH4O/c1-2-23-25(35)11-9-21-7-3-8-24(27(21)23)30-29(36)31-28-26(37-30)12-10-22-19-42-18-6-17-41(22)32(28)39-33(38-31)43-20-34-13-4-15-40(34)16-5-14-34;2*1-2/h1,3,7-9,11,22H,4-6,10,12-20H2;1-2H3;2H,1H3. The van der Waals surface area contributed by atoms with Gasteiger partial charge in [0, 0.05) is 31.2 Å². The van der Waals surface area contributed by atoms with E-state index in [0.29, 0.717) is 59.5 Å². The van der Waals surface area contributed by atoms with Crippen LogP contribution in [-0.4, -0.2) is 83.1 Å². The molecule has 0 radical (unpaired) electrons. The summed E-state index contributed by atoms with van der Waals surface area (Å²) in [5.41, 5.74) is 1.53. The van der Waals surface area contributed by atoms with Crippen molar-refractivity contribution in [2.75, 3.05) is 51.5 Å². The van der Waals surface area contributed by atoms with Crippen molar-refractivity contribution < 1.29 is 23.4 Å². The molecule has 10 heteroatoms. The van der Waals surface area contributed by atoms with Crippen molar-refractivity contribution in [3.05, 3.63) is 53.2 Å². The molecular formula is C37H43F2N5O3. The van der Waals surface area contributed by atoms with E-state index in [1.165, 1.54) is 6.07 Å². The number of aromatic nitrogens is 3. The van der Waals surface area contributed by atoms with Gasteiger partial charge < -0.3 is 19.5 Å². The van der Waals surface area contributed by atoms with Crippen molar-refractivity contribution in [2.45, 2.75) is 70.4 Å². The highest BCUT2D eigenvalue weighted by atomic mass is 19.1. The number of halogens is 2. The molecule has 0 aliphatic carbocycles. The smallest absolute Gasteiger partial charge is 0.319 e. The Labute approximate surface area is 275 Å². The minimum atomic E-state index is -0.585. The molecule has 2 aromatic carbocycles. The maximum Gasteiger partial charge on any atom is 0.319 e. The van der Waals surface area contributed by atoms with E-state index >= 15 is 4.39 Å². The number of nitrogens with zero attached hydrogens (tertiary/aromatic N) is 5. The Balaban J connectivity index is 0.000000932. The first-order valence-corrected chi connectivity index (χ1v) is 16.8. The number of terminal acetylenes is 1. The van der Waals surface area contributed by atoms with Gasteiger partial charge in [-0.1, -0.05) is 44.0 Å². The van der Waals surface area contributed by atoms with E-state index in [1.54, 1.807) is 12.1 Å². The van der Waals surface area contributed by atoms with Crippen molar-refractivity contribution in [3.63, 3.8) is 0 Å². The lowest BCUT2D eigenvalue weighted by Crippen LogP contribution is -2.43. The van der Waals surface area contributed by atoms with Gasteiger partial charge in [0.1, 0.15) is 29.5 Å². The SMILES string of the molecule is C#Cc1c(F)ccc2cccc(-c3nc4c5c(nc(OCC67CCCN6CCC7)nc5c3F)N3CCCOCC3CC4)c12.CC.CO. The molecule has 4 aromatic rings. The molecule has 0 saturated carbocycles. The number of rotatable bonds is 4. The second kappa shape index (κ2) is 14.1. The third-order valence-electron chi connectivity index (χ3n) is 9.92. The molecule has 3 saturated heterocycles. The molecule has 1 N–H and O–H groups in total.